The molecule has 1 atom stereocenters. The fourth-order valence-corrected chi connectivity index (χ4v) is 4.08. The minimum atomic E-state index is -0.193. The molecule has 8 heteroatoms. The second-order valence-electron chi connectivity index (χ2n) is 7.95. The fourth-order valence-electron chi connectivity index (χ4n) is 4.08. The molecule has 2 fully saturated rings. The van der Waals surface area contributed by atoms with Crippen LogP contribution in [0, 0.1) is 6.92 Å². The van der Waals surface area contributed by atoms with Crippen LogP contribution in [0.3, 0.4) is 0 Å². The maximum Gasteiger partial charge on any atom is 0.276 e. The van der Waals surface area contributed by atoms with Gasteiger partial charge in [-0.15, -0.1) is 15.3 Å². The van der Waals surface area contributed by atoms with Crippen LogP contribution >= 0.6 is 0 Å². The van der Waals surface area contributed by atoms with Gasteiger partial charge in [-0.05, 0) is 50.7 Å². The Balaban J connectivity index is 1.39. The van der Waals surface area contributed by atoms with Gasteiger partial charge in [0.25, 0.3) is 5.91 Å². The first-order valence-corrected chi connectivity index (χ1v) is 10.3. The van der Waals surface area contributed by atoms with Crippen LogP contribution in [0.15, 0.2) is 34.9 Å². The third kappa shape index (κ3) is 3.32. The third-order valence-electron chi connectivity index (χ3n) is 6.03. The molecule has 0 bridgehead atoms. The predicted molar refractivity (Wildman–Crippen MR) is 105 cm³/mol. The van der Waals surface area contributed by atoms with E-state index in [9.17, 15) is 4.79 Å². The zero-order valence-electron chi connectivity index (χ0n) is 16.5. The smallest absolute Gasteiger partial charge is 0.276 e. The molecular formula is C21H24N6O2. The van der Waals surface area contributed by atoms with Crippen molar-refractivity contribution < 1.29 is 9.21 Å². The highest BCUT2D eigenvalue weighted by Crippen LogP contribution is 2.38. The lowest BCUT2D eigenvalue weighted by Crippen LogP contribution is -2.38. The average Bonchev–Trinajstić information content (AvgIpc) is 3.37. The first-order valence-electron chi connectivity index (χ1n) is 10.3. The summed E-state index contributed by atoms with van der Waals surface area (Å²) in [5.41, 5.74) is 2.32. The molecule has 1 aliphatic heterocycles. The van der Waals surface area contributed by atoms with Crippen molar-refractivity contribution >= 4 is 5.91 Å². The van der Waals surface area contributed by atoms with E-state index >= 15 is 0 Å². The number of benzene rings is 1. The molecular weight excluding hydrogens is 368 g/mol. The third-order valence-corrected chi connectivity index (χ3v) is 6.03. The lowest BCUT2D eigenvalue weighted by Gasteiger charge is -2.33. The van der Waals surface area contributed by atoms with Gasteiger partial charge in [-0.25, -0.2) is 4.68 Å². The summed E-state index contributed by atoms with van der Waals surface area (Å²) in [6, 6.07) is 7.70. The monoisotopic (exact) mass is 392 g/mol. The molecule has 8 nitrogen and oxygen atoms in total. The van der Waals surface area contributed by atoms with Crippen LogP contribution in [0.2, 0.25) is 0 Å². The minimum Gasteiger partial charge on any atom is -0.423 e. The van der Waals surface area contributed by atoms with Crippen LogP contribution in [-0.2, 0) is 0 Å². The number of carbonyl (C=O) groups excluding carboxylic acids is 1. The van der Waals surface area contributed by atoms with Crippen molar-refractivity contribution in [1.29, 1.82) is 0 Å². The van der Waals surface area contributed by atoms with Crippen molar-refractivity contribution in [2.75, 3.05) is 6.54 Å². The number of piperidine rings is 1. The summed E-state index contributed by atoms with van der Waals surface area (Å²) >= 11 is 0. The molecule has 29 heavy (non-hydrogen) atoms. The number of hydrogen-bond donors (Lipinski definition) is 0. The number of likely N-dealkylation sites (tertiary alicyclic amines) is 1. The van der Waals surface area contributed by atoms with E-state index in [1.165, 1.54) is 6.42 Å². The minimum absolute atomic E-state index is 0.141. The van der Waals surface area contributed by atoms with Crippen LogP contribution in [0.25, 0.3) is 5.69 Å². The Morgan fingerprint density at radius 3 is 2.66 bits per heavy atom. The quantitative estimate of drug-likeness (QED) is 0.674. The zero-order valence-corrected chi connectivity index (χ0v) is 16.5. The van der Waals surface area contributed by atoms with E-state index < -0.39 is 0 Å². The van der Waals surface area contributed by atoms with Gasteiger partial charge in [-0.2, -0.15) is 0 Å². The number of carbonyl (C=O) groups is 1. The summed E-state index contributed by atoms with van der Waals surface area (Å²) < 4.78 is 7.63. The van der Waals surface area contributed by atoms with Crippen LogP contribution < -0.4 is 0 Å². The van der Waals surface area contributed by atoms with E-state index in [1.54, 1.807) is 10.9 Å². The average molecular weight is 392 g/mol. The Labute approximate surface area is 168 Å². The van der Waals surface area contributed by atoms with Gasteiger partial charge in [-0.1, -0.05) is 29.8 Å². The Hall–Kier alpha value is -3.03. The summed E-state index contributed by atoms with van der Waals surface area (Å²) in [6.07, 6.45) is 7.94. The van der Waals surface area contributed by atoms with Gasteiger partial charge >= 0.3 is 0 Å². The summed E-state index contributed by atoms with van der Waals surface area (Å²) in [5.74, 6) is 1.51. The molecule has 2 aromatic heterocycles. The Bertz CT molecular complexity index is 1020. The van der Waals surface area contributed by atoms with Crippen molar-refractivity contribution in [3.63, 3.8) is 0 Å². The van der Waals surface area contributed by atoms with Crippen molar-refractivity contribution in [2.24, 2.45) is 0 Å². The van der Waals surface area contributed by atoms with Crippen LogP contribution in [0.5, 0.6) is 0 Å². The number of amides is 1. The zero-order chi connectivity index (χ0) is 19.8. The molecule has 1 aliphatic carbocycles. The molecule has 1 saturated carbocycles. The molecule has 3 aromatic rings. The molecule has 5 rings (SSSR count). The van der Waals surface area contributed by atoms with Gasteiger partial charge < -0.3 is 9.32 Å². The summed E-state index contributed by atoms with van der Waals surface area (Å²) in [7, 11) is 0. The highest BCUT2D eigenvalue weighted by Gasteiger charge is 2.35. The molecule has 2 aliphatic rings. The molecule has 1 aromatic carbocycles. The maximum atomic E-state index is 13.2. The number of rotatable bonds is 4. The SMILES string of the molecule is Cc1ccccc1-n1cc(C(=O)N2CCCCC2c2nnc(C3CCC3)o2)nn1. The van der Waals surface area contributed by atoms with E-state index in [0.29, 0.717) is 24.0 Å². The highest BCUT2D eigenvalue weighted by molar-refractivity contribution is 5.92. The molecule has 1 saturated heterocycles. The second kappa shape index (κ2) is 7.42. The van der Waals surface area contributed by atoms with Crippen molar-refractivity contribution in [1.82, 2.24) is 30.1 Å². The number of aryl methyl sites for hydroxylation is 1. The number of para-hydroxylation sites is 1. The standard InChI is InChI=1S/C21H24N6O2/c1-14-7-2-3-10-17(14)27-13-16(22-25-27)21(28)26-12-5-4-11-18(26)20-24-23-19(29-20)15-8-6-9-15/h2-3,7,10,13,15,18H,4-6,8-9,11-12H2,1H3. The Morgan fingerprint density at radius 1 is 1.03 bits per heavy atom. The highest BCUT2D eigenvalue weighted by atomic mass is 16.4. The second-order valence-corrected chi connectivity index (χ2v) is 7.95. The van der Waals surface area contributed by atoms with E-state index in [-0.39, 0.29) is 11.9 Å². The maximum absolute atomic E-state index is 13.2. The van der Waals surface area contributed by atoms with Crippen LogP contribution in [0.4, 0.5) is 0 Å². The van der Waals surface area contributed by atoms with Gasteiger partial charge in [0.1, 0.15) is 6.04 Å². The van der Waals surface area contributed by atoms with Crippen molar-refractivity contribution in [3.8, 4) is 5.69 Å². The van der Waals surface area contributed by atoms with Crippen molar-refractivity contribution in [3.05, 3.63) is 53.5 Å². The Morgan fingerprint density at radius 2 is 1.86 bits per heavy atom. The van der Waals surface area contributed by atoms with Crippen LogP contribution in [0.1, 0.15) is 78.3 Å². The Kier molecular flexibility index (Phi) is 4.61. The normalized spacial score (nSPS) is 19.9. The lowest BCUT2D eigenvalue weighted by atomic mass is 9.85. The molecule has 150 valence electrons. The first kappa shape index (κ1) is 18.0. The van der Waals surface area contributed by atoms with E-state index in [4.69, 9.17) is 4.42 Å². The van der Waals surface area contributed by atoms with E-state index in [1.807, 2.05) is 36.1 Å². The molecule has 0 spiro atoms. The summed E-state index contributed by atoms with van der Waals surface area (Å²) in [6.45, 7) is 2.66. The topological polar surface area (TPSA) is 89.9 Å². The number of aromatic nitrogens is 5. The van der Waals surface area contributed by atoms with Gasteiger partial charge in [0, 0.05) is 12.5 Å². The summed E-state index contributed by atoms with van der Waals surface area (Å²) in [4.78, 5) is 15.1. The van der Waals surface area contributed by atoms with Crippen LogP contribution in [-0.4, -0.2) is 42.5 Å². The van der Waals surface area contributed by atoms with Gasteiger partial charge in [0.2, 0.25) is 11.8 Å². The fraction of sp³-hybridized carbons (Fsp3) is 0.476. The van der Waals surface area contributed by atoms with Gasteiger partial charge in [0.15, 0.2) is 5.69 Å². The molecule has 1 amide bonds. The molecule has 1 unspecified atom stereocenters. The summed E-state index contributed by atoms with van der Waals surface area (Å²) in [5, 5.41) is 16.9. The lowest BCUT2D eigenvalue weighted by molar-refractivity contribution is 0.0562. The van der Waals surface area contributed by atoms with Gasteiger partial charge in [0.05, 0.1) is 11.9 Å². The van der Waals surface area contributed by atoms with Gasteiger partial charge in [-0.3, -0.25) is 4.79 Å². The number of hydrogen-bond acceptors (Lipinski definition) is 6. The largest absolute Gasteiger partial charge is 0.423 e. The van der Waals surface area contributed by atoms with Crippen molar-refractivity contribution in [2.45, 2.75) is 57.4 Å². The molecule has 0 radical (unpaired) electrons. The first-order chi connectivity index (χ1) is 14.2. The van der Waals surface area contributed by atoms with E-state index in [2.05, 4.69) is 20.5 Å². The molecule has 0 N–H and O–H groups in total. The molecule has 3 heterocycles. The number of nitrogens with zero attached hydrogens (tertiary/aromatic N) is 6. The van der Waals surface area contributed by atoms with E-state index in [0.717, 1.165) is 49.2 Å². The predicted octanol–water partition coefficient (Wildman–Crippen LogP) is 3.59.